The molecule has 0 radical (unpaired) electrons. The summed E-state index contributed by atoms with van der Waals surface area (Å²) in [7, 11) is 0. The lowest BCUT2D eigenvalue weighted by atomic mass is 10.1. The van der Waals surface area contributed by atoms with E-state index in [4.69, 9.17) is 4.74 Å². The van der Waals surface area contributed by atoms with E-state index < -0.39 is 11.9 Å². The third-order valence-electron chi connectivity index (χ3n) is 4.04. The van der Waals surface area contributed by atoms with Crippen LogP contribution in [0.4, 0.5) is 0 Å². The van der Waals surface area contributed by atoms with Crippen LogP contribution in [0.2, 0.25) is 0 Å². The molecule has 7 nitrogen and oxygen atoms in total. The van der Waals surface area contributed by atoms with Crippen molar-refractivity contribution in [1.29, 1.82) is 0 Å². The summed E-state index contributed by atoms with van der Waals surface area (Å²) >= 11 is 0. The van der Waals surface area contributed by atoms with Crippen LogP contribution in [0.5, 0.6) is 0 Å². The van der Waals surface area contributed by atoms with Gasteiger partial charge in [-0.05, 0) is 37.0 Å². The van der Waals surface area contributed by atoms with Crippen molar-refractivity contribution in [3.05, 3.63) is 34.9 Å². The second kappa shape index (κ2) is 8.60. The summed E-state index contributed by atoms with van der Waals surface area (Å²) in [5.41, 5.74) is 0.624. The summed E-state index contributed by atoms with van der Waals surface area (Å²) in [6.45, 7) is 6.42. The van der Waals surface area contributed by atoms with Gasteiger partial charge in [0.05, 0.1) is 16.7 Å². The van der Waals surface area contributed by atoms with E-state index in [0.29, 0.717) is 25.4 Å². The first-order valence-corrected chi connectivity index (χ1v) is 8.79. The van der Waals surface area contributed by atoms with Gasteiger partial charge in [0.25, 0.3) is 17.7 Å². The van der Waals surface area contributed by atoms with E-state index in [1.54, 1.807) is 0 Å². The van der Waals surface area contributed by atoms with Crippen LogP contribution in [-0.2, 0) is 9.53 Å². The molecule has 1 heterocycles. The van der Waals surface area contributed by atoms with Gasteiger partial charge >= 0.3 is 5.97 Å². The summed E-state index contributed by atoms with van der Waals surface area (Å²) < 4.78 is 4.95. The summed E-state index contributed by atoms with van der Waals surface area (Å²) in [6, 6.07) is 4.25. The van der Waals surface area contributed by atoms with Gasteiger partial charge in [0.15, 0.2) is 6.61 Å². The predicted octanol–water partition coefficient (Wildman–Crippen LogP) is 2.01. The molecule has 1 N–H and O–H groups in total. The second-order valence-electron chi connectivity index (χ2n) is 6.63. The monoisotopic (exact) mass is 360 g/mol. The Labute approximate surface area is 152 Å². The highest BCUT2D eigenvalue weighted by Crippen LogP contribution is 2.25. The van der Waals surface area contributed by atoms with Gasteiger partial charge in [-0.2, -0.15) is 0 Å². The van der Waals surface area contributed by atoms with Gasteiger partial charge in [-0.1, -0.05) is 20.8 Å². The fraction of sp³-hybridized carbons (Fsp3) is 0.474. The lowest BCUT2D eigenvalue weighted by molar-refractivity contribution is -0.124. The Morgan fingerprint density at radius 3 is 2.50 bits per heavy atom. The SMILES string of the molecule is CCCNC(=O)COC(=O)c1ccc2c(c1)C(=O)N(CCC(C)C)C2=O. The van der Waals surface area contributed by atoms with Gasteiger partial charge in [-0.15, -0.1) is 0 Å². The fourth-order valence-electron chi connectivity index (χ4n) is 2.54. The molecule has 0 atom stereocenters. The van der Waals surface area contributed by atoms with Gasteiger partial charge in [0.2, 0.25) is 0 Å². The number of nitrogens with one attached hydrogen (secondary N) is 1. The van der Waals surface area contributed by atoms with Gasteiger partial charge in [-0.3, -0.25) is 19.3 Å². The molecule has 2 rings (SSSR count). The Kier molecular flexibility index (Phi) is 6.49. The number of hydrogen-bond donors (Lipinski definition) is 1. The van der Waals surface area contributed by atoms with Crippen LogP contribution in [-0.4, -0.2) is 48.3 Å². The minimum Gasteiger partial charge on any atom is -0.452 e. The highest BCUT2D eigenvalue weighted by atomic mass is 16.5. The Bertz CT molecular complexity index is 727. The van der Waals surface area contributed by atoms with Gasteiger partial charge in [0.1, 0.15) is 0 Å². The van der Waals surface area contributed by atoms with E-state index in [2.05, 4.69) is 5.32 Å². The van der Waals surface area contributed by atoms with Crippen molar-refractivity contribution in [2.75, 3.05) is 19.7 Å². The van der Waals surface area contributed by atoms with E-state index in [1.165, 1.54) is 23.1 Å². The molecule has 0 aromatic heterocycles. The molecule has 140 valence electrons. The van der Waals surface area contributed by atoms with Crippen molar-refractivity contribution < 1.29 is 23.9 Å². The Morgan fingerprint density at radius 2 is 1.85 bits per heavy atom. The molecule has 0 bridgehead atoms. The van der Waals surface area contributed by atoms with E-state index in [1.807, 2.05) is 20.8 Å². The third-order valence-corrected chi connectivity index (χ3v) is 4.04. The maximum absolute atomic E-state index is 12.5. The molecule has 3 amide bonds. The molecular formula is C19H24N2O5. The molecule has 7 heteroatoms. The van der Waals surface area contributed by atoms with Crippen LogP contribution in [0.3, 0.4) is 0 Å². The maximum Gasteiger partial charge on any atom is 0.338 e. The minimum atomic E-state index is -0.708. The molecular weight excluding hydrogens is 336 g/mol. The average molecular weight is 360 g/mol. The highest BCUT2D eigenvalue weighted by Gasteiger charge is 2.35. The quantitative estimate of drug-likeness (QED) is 0.565. The van der Waals surface area contributed by atoms with Crippen LogP contribution < -0.4 is 5.32 Å². The average Bonchev–Trinajstić information content (AvgIpc) is 2.86. The molecule has 0 fully saturated rings. The number of hydrogen-bond acceptors (Lipinski definition) is 5. The normalized spacial score (nSPS) is 13.2. The standard InChI is InChI=1S/C19H24N2O5/c1-4-8-20-16(22)11-26-19(25)13-5-6-14-15(10-13)18(24)21(17(14)23)9-7-12(2)3/h5-6,10,12H,4,7-9,11H2,1-3H3,(H,20,22). The summed E-state index contributed by atoms with van der Waals surface area (Å²) in [4.78, 5) is 49.6. The molecule has 1 aliphatic rings. The molecule has 26 heavy (non-hydrogen) atoms. The maximum atomic E-state index is 12.5. The van der Waals surface area contributed by atoms with Crippen molar-refractivity contribution >= 4 is 23.7 Å². The van der Waals surface area contributed by atoms with Crippen LogP contribution in [0.25, 0.3) is 0 Å². The van der Waals surface area contributed by atoms with Crippen molar-refractivity contribution in [2.24, 2.45) is 5.92 Å². The molecule has 0 aliphatic carbocycles. The molecule has 0 unspecified atom stereocenters. The van der Waals surface area contributed by atoms with Crippen molar-refractivity contribution in [3.8, 4) is 0 Å². The largest absolute Gasteiger partial charge is 0.452 e. The van der Waals surface area contributed by atoms with Crippen molar-refractivity contribution in [2.45, 2.75) is 33.6 Å². The van der Waals surface area contributed by atoms with Crippen LogP contribution in [0.1, 0.15) is 64.7 Å². The smallest absolute Gasteiger partial charge is 0.338 e. The Morgan fingerprint density at radius 1 is 1.15 bits per heavy atom. The number of benzene rings is 1. The van der Waals surface area contributed by atoms with Crippen LogP contribution >= 0.6 is 0 Å². The van der Waals surface area contributed by atoms with Crippen LogP contribution in [0.15, 0.2) is 18.2 Å². The summed E-state index contributed by atoms with van der Waals surface area (Å²) in [6.07, 6.45) is 1.50. The first-order chi connectivity index (χ1) is 12.3. The predicted molar refractivity (Wildman–Crippen MR) is 94.8 cm³/mol. The fourth-order valence-corrected chi connectivity index (χ4v) is 2.54. The van der Waals surface area contributed by atoms with Gasteiger partial charge < -0.3 is 10.1 Å². The number of amides is 3. The number of carbonyl (C=O) groups excluding carboxylic acids is 4. The number of carbonyl (C=O) groups is 4. The lowest BCUT2D eigenvalue weighted by Gasteiger charge is -2.14. The number of imide groups is 1. The minimum absolute atomic E-state index is 0.138. The molecule has 0 saturated carbocycles. The first kappa shape index (κ1) is 19.6. The number of fused-ring (bicyclic) bond motifs is 1. The van der Waals surface area contributed by atoms with Gasteiger partial charge in [0, 0.05) is 13.1 Å². The summed E-state index contributed by atoms with van der Waals surface area (Å²) in [5.74, 6) is -1.47. The zero-order valence-corrected chi connectivity index (χ0v) is 15.3. The zero-order chi connectivity index (χ0) is 19.3. The molecule has 1 aliphatic heterocycles. The van der Waals surface area contributed by atoms with Crippen LogP contribution in [0, 0.1) is 5.92 Å². The second-order valence-corrected chi connectivity index (χ2v) is 6.63. The van der Waals surface area contributed by atoms with E-state index in [0.717, 1.165) is 6.42 Å². The van der Waals surface area contributed by atoms with E-state index >= 15 is 0 Å². The third kappa shape index (κ3) is 4.47. The topological polar surface area (TPSA) is 92.8 Å². The number of nitrogens with zero attached hydrogens (tertiary/aromatic N) is 1. The number of esters is 1. The number of rotatable bonds is 8. The molecule has 1 aromatic rings. The summed E-state index contributed by atoms with van der Waals surface area (Å²) in [5, 5.41) is 2.60. The first-order valence-electron chi connectivity index (χ1n) is 8.79. The lowest BCUT2D eigenvalue weighted by Crippen LogP contribution is -2.31. The zero-order valence-electron chi connectivity index (χ0n) is 15.3. The van der Waals surface area contributed by atoms with Crippen molar-refractivity contribution in [3.63, 3.8) is 0 Å². The van der Waals surface area contributed by atoms with E-state index in [-0.39, 0.29) is 35.1 Å². The van der Waals surface area contributed by atoms with Gasteiger partial charge in [-0.25, -0.2) is 4.79 Å². The highest BCUT2D eigenvalue weighted by molar-refractivity contribution is 6.21. The van der Waals surface area contributed by atoms with Crippen molar-refractivity contribution in [1.82, 2.24) is 10.2 Å². The number of ether oxygens (including phenoxy) is 1. The molecule has 0 spiro atoms. The Hall–Kier alpha value is -2.70. The molecule has 1 aromatic carbocycles. The molecule has 0 saturated heterocycles. The Balaban J connectivity index is 2.05. The van der Waals surface area contributed by atoms with E-state index in [9.17, 15) is 19.2 Å².